The van der Waals surface area contributed by atoms with Crippen molar-refractivity contribution < 1.29 is 19.1 Å². The number of urea groups is 1. The maximum Gasteiger partial charge on any atom is 0.338 e. The Morgan fingerprint density at radius 2 is 1.71 bits per heavy atom. The van der Waals surface area contributed by atoms with Gasteiger partial charge in [-0.3, -0.25) is 0 Å². The van der Waals surface area contributed by atoms with E-state index in [1.807, 2.05) is 54.6 Å². The molecule has 1 aliphatic carbocycles. The molecule has 1 saturated carbocycles. The number of amides is 2. The molecule has 0 saturated heterocycles. The van der Waals surface area contributed by atoms with Crippen LogP contribution in [0.25, 0.3) is 0 Å². The lowest BCUT2D eigenvalue weighted by atomic mass is 9.95. The predicted octanol–water partition coefficient (Wildman–Crippen LogP) is 4.77. The van der Waals surface area contributed by atoms with Gasteiger partial charge in [0.2, 0.25) is 0 Å². The summed E-state index contributed by atoms with van der Waals surface area (Å²) in [5, 5.41) is 5.52. The Balaban J connectivity index is 1.48. The molecule has 1 aliphatic heterocycles. The molecule has 0 aromatic heterocycles. The van der Waals surface area contributed by atoms with Gasteiger partial charge in [-0.1, -0.05) is 48.9 Å². The summed E-state index contributed by atoms with van der Waals surface area (Å²) < 4.78 is 11.6. The highest BCUT2D eigenvalue weighted by atomic mass is 16.5. The zero-order valence-corrected chi connectivity index (χ0v) is 17.7. The molecule has 1 atom stereocenters. The average molecular weight is 421 g/mol. The van der Waals surface area contributed by atoms with Crippen LogP contribution in [0.5, 0.6) is 5.75 Å². The minimum absolute atomic E-state index is 0.172. The van der Waals surface area contributed by atoms with Crippen LogP contribution in [0.15, 0.2) is 65.9 Å². The van der Waals surface area contributed by atoms with E-state index in [2.05, 4.69) is 10.6 Å². The van der Waals surface area contributed by atoms with Crippen LogP contribution in [-0.4, -0.2) is 18.1 Å². The number of nitrogens with one attached hydrogen (secondary N) is 2. The van der Waals surface area contributed by atoms with E-state index in [1.54, 1.807) is 6.92 Å². The number of esters is 1. The standard InChI is InChI=1S/C25H28N2O4/c1-17-22(24(28)30-16-18-8-4-2-5-9-18)23(27-25(29)26-17)19-12-14-21(15-13-19)31-20-10-6-3-7-11-20/h2,4-5,8-9,12-15,20,23H,3,6-7,10-11,16H2,1H3,(H2,26,27,29). The van der Waals surface area contributed by atoms with E-state index in [-0.39, 0.29) is 18.7 Å². The van der Waals surface area contributed by atoms with Crippen LogP contribution in [-0.2, 0) is 16.1 Å². The van der Waals surface area contributed by atoms with E-state index in [9.17, 15) is 9.59 Å². The van der Waals surface area contributed by atoms with E-state index in [0.29, 0.717) is 11.3 Å². The largest absolute Gasteiger partial charge is 0.490 e. The molecule has 1 unspecified atom stereocenters. The number of carbonyl (C=O) groups is 2. The Kier molecular flexibility index (Phi) is 6.55. The molecule has 0 bridgehead atoms. The molecule has 6 nitrogen and oxygen atoms in total. The minimum atomic E-state index is -0.583. The fourth-order valence-electron chi connectivity index (χ4n) is 4.13. The van der Waals surface area contributed by atoms with Gasteiger partial charge in [-0.05, 0) is 55.9 Å². The molecule has 162 valence electrons. The van der Waals surface area contributed by atoms with Gasteiger partial charge >= 0.3 is 12.0 Å². The second kappa shape index (κ2) is 9.69. The van der Waals surface area contributed by atoms with Gasteiger partial charge in [0.05, 0.1) is 17.7 Å². The smallest absolute Gasteiger partial charge is 0.338 e. The van der Waals surface area contributed by atoms with Crippen molar-refractivity contribution in [1.82, 2.24) is 10.6 Å². The van der Waals surface area contributed by atoms with Crippen molar-refractivity contribution in [1.29, 1.82) is 0 Å². The van der Waals surface area contributed by atoms with Crippen LogP contribution in [0, 0.1) is 0 Å². The van der Waals surface area contributed by atoms with Crippen LogP contribution in [0.4, 0.5) is 4.79 Å². The van der Waals surface area contributed by atoms with E-state index in [4.69, 9.17) is 9.47 Å². The van der Waals surface area contributed by atoms with E-state index >= 15 is 0 Å². The molecule has 2 N–H and O–H groups in total. The summed E-state index contributed by atoms with van der Waals surface area (Å²) in [5.41, 5.74) is 2.60. The van der Waals surface area contributed by atoms with E-state index < -0.39 is 12.0 Å². The minimum Gasteiger partial charge on any atom is -0.490 e. The summed E-state index contributed by atoms with van der Waals surface area (Å²) in [4.78, 5) is 25.0. The Morgan fingerprint density at radius 1 is 1.00 bits per heavy atom. The van der Waals surface area contributed by atoms with Gasteiger partial charge in [0.15, 0.2) is 0 Å². The third kappa shape index (κ3) is 5.26. The van der Waals surface area contributed by atoms with Gasteiger partial charge in [0.25, 0.3) is 0 Å². The fraction of sp³-hybridized carbons (Fsp3) is 0.360. The first-order chi connectivity index (χ1) is 15.1. The molecule has 2 aliphatic rings. The second-order valence-electron chi connectivity index (χ2n) is 8.08. The highest BCUT2D eigenvalue weighted by Gasteiger charge is 2.32. The third-order valence-corrected chi connectivity index (χ3v) is 5.77. The Bertz CT molecular complexity index is 947. The van der Waals surface area contributed by atoms with Crippen molar-refractivity contribution in [2.75, 3.05) is 0 Å². The van der Waals surface area contributed by atoms with E-state index in [0.717, 1.165) is 29.7 Å². The van der Waals surface area contributed by atoms with Crippen molar-refractivity contribution in [3.63, 3.8) is 0 Å². The van der Waals surface area contributed by atoms with Gasteiger partial charge in [-0.25, -0.2) is 9.59 Å². The molecule has 1 fully saturated rings. The number of ether oxygens (including phenoxy) is 2. The first kappa shape index (κ1) is 21.0. The number of carbonyl (C=O) groups excluding carboxylic acids is 2. The van der Waals surface area contributed by atoms with Crippen molar-refractivity contribution in [2.45, 2.75) is 57.8 Å². The molecular weight excluding hydrogens is 392 g/mol. The summed E-state index contributed by atoms with van der Waals surface area (Å²) in [6.45, 7) is 1.89. The van der Waals surface area contributed by atoms with Gasteiger partial charge in [-0.15, -0.1) is 0 Å². The van der Waals surface area contributed by atoms with Gasteiger partial charge in [0.1, 0.15) is 12.4 Å². The zero-order chi connectivity index (χ0) is 21.6. The zero-order valence-electron chi connectivity index (χ0n) is 17.7. The lowest BCUT2D eigenvalue weighted by molar-refractivity contribution is -0.140. The lowest BCUT2D eigenvalue weighted by Gasteiger charge is -2.28. The van der Waals surface area contributed by atoms with Crippen molar-refractivity contribution >= 4 is 12.0 Å². The maximum atomic E-state index is 12.9. The highest BCUT2D eigenvalue weighted by Crippen LogP contribution is 2.30. The summed E-state index contributed by atoms with van der Waals surface area (Å²) in [5.74, 6) is 0.353. The number of hydrogen-bond acceptors (Lipinski definition) is 4. The molecule has 2 aromatic rings. The van der Waals surface area contributed by atoms with E-state index in [1.165, 1.54) is 19.3 Å². The average Bonchev–Trinajstić information content (AvgIpc) is 2.79. The Labute approximate surface area is 182 Å². The molecule has 0 radical (unpaired) electrons. The SMILES string of the molecule is CC1=C(C(=O)OCc2ccccc2)C(c2ccc(OC3CCCCC3)cc2)NC(=O)N1. The summed E-state index contributed by atoms with van der Waals surface area (Å²) in [7, 11) is 0. The number of benzene rings is 2. The van der Waals surface area contributed by atoms with Crippen molar-refractivity contribution in [3.8, 4) is 5.75 Å². The number of hydrogen-bond donors (Lipinski definition) is 2. The van der Waals surface area contributed by atoms with Crippen LogP contribution >= 0.6 is 0 Å². The second-order valence-corrected chi connectivity index (χ2v) is 8.08. The first-order valence-electron chi connectivity index (χ1n) is 10.9. The monoisotopic (exact) mass is 420 g/mol. The van der Waals surface area contributed by atoms with Crippen LogP contribution in [0.2, 0.25) is 0 Å². The summed E-state index contributed by atoms with van der Waals surface area (Å²) >= 11 is 0. The molecule has 6 heteroatoms. The highest BCUT2D eigenvalue weighted by molar-refractivity contribution is 5.95. The van der Waals surface area contributed by atoms with Gasteiger partial charge in [0, 0.05) is 5.70 Å². The van der Waals surface area contributed by atoms with Crippen molar-refractivity contribution in [3.05, 3.63) is 77.0 Å². The Hall–Kier alpha value is -3.28. The number of rotatable bonds is 6. The lowest BCUT2D eigenvalue weighted by Crippen LogP contribution is -2.45. The predicted molar refractivity (Wildman–Crippen MR) is 117 cm³/mol. The molecule has 31 heavy (non-hydrogen) atoms. The normalized spacial score (nSPS) is 19.4. The van der Waals surface area contributed by atoms with Gasteiger partial charge < -0.3 is 20.1 Å². The molecule has 2 amide bonds. The van der Waals surface area contributed by atoms with Gasteiger partial charge in [-0.2, -0.15) is 0 Å². The first-order valence-corrected chi connectivity index (χ1v) is 10.9. The Morgan fingerprint density at radius 3 is 2.42 bits per heavy atom. The topological polar surface area (TPSA) is 76.7 Å². The maximum absolute atomic E-state index is 12.9. The van der Waals surface area contributed by atoms with Crippen LogP contribution in [0.3, 0.4) is 0 Å². The third-order valence-electron chi connectivity index (χ3n) is 5.77. The molecule has 1 heterocycles. The quantitative estimate of drug-likeness (QED) is 0.660. The fourth-order valence-corrected chi connectivity index (χ4v) is 4.13. The summed E-state index contributed by atoms with van der Waals surface area (Å²) in [6.07, 6.45) is 6.15. The molecule has 4 rings (SSSR count). The van der Waals surface area contributed by atoms with Crippen LogP contribution < -0.4 is 15.4 Å². The summed E-state index contributed by atoms with van der Waals surface area (Å²) in [6, 6.07) is 16.2. The number of allylic oxidation sites excluding steroid dienone is 1. The van der Waals surface area contributed by atoms with Crippen molar-refractivity contribution in [2.24, 2.45) is 0 Å². The van der Waals surface area contributed by atoms with Crippen LogP contribution in [0.1, 0.15) is 56.2 Å². The molecule has 0 spiro atoms. The molecular formula is C25H28N2O4. The molecule has 2 aromatic carbocycles.